The Morgan fingerprint density at radius 3 is 2.75 bits per heavy atom. The van der Waals surface area contributed by atoms with Crippen LogP contribution in [0.3, 0.4) is 0 Å². The van der Waals surface area contributed by atoms with E-state index in [2.05, 4.69) is 24.2 Å². The highest BCUT2D eigenvalue weighted by Gasteiger charge is 2.13. The van der Waals surface area contributed by atoms with E-state index in [1.807, 2.05) is 0 Å². The highest BCUT2D eigenvalue weighted by Crippen LogP contribution is 2.27. The van der Waals surface area contributed by atoms with Gasteiger partial charge in [-0.2, -0.15) is 0 Å². The van der Waals surface area contributed by atoms with Gasteiger partial charge in [0.1, 0.15) is 0 Å². The van der Waals surface area contributed by atoms with Gasteiger partial charge in [-0.1, -0.05) is 45.4 Å². The van der Waals surface area contributed by atoms with Crippen LogP contribution in [0.2, 0.25) is 0 Å². The van der Waals surface area contributed by atoms with Gasteiger partial charge in [-0.15, -0.1) is 0 Å². The van der Waals surface area contributed by atoms with Crippen LogP contribution in [0, 0.1) is 5.92 Å². The lowest BCUT2D eigenvalue weighted by molar-refractivity contribution is 0.339. The van der Waals surface area contributed by atoms with E-state index in [0.29, 0.717) is 0 Å². The molecule has 0 aromatic carbocycles. The quantitative estimate of drug-likeness (QED) is 0.751. The molecule has 1 heteroatoms. The van der Waals surface area contributed by atoms with Crippen molar-refractivity contribution >= 4 is 0 Å². The smallest absolute Gasteiger partial charge is 0.0149 e. The summed E-state index contributed by atoms with van der Waals surface area (Å²) in [5, 5.41) is 0. The Hall–Kier alpha value is -0.720. The minimum Gasteiger partial charge on any atom is -0.365 e. The van der Waals surface area contributed by atoms with Crippen LogP contribution in [0.5, 0.6) is 0 Å². The molecular weight excluding hydrogens is 194 g/mol. The average molecular weight is 219 g/mol. The summed E-state index contributed by atoms with van der Waals surface area (Å²) in [7, 11) is 0. The zero-order valence-corrected chi connectivity index (χ0v) is 10.6. The molecule has 16 heavy (non-hydrogen) atoms. The predicted octanol–water partition coefficient (Wildman–Crippen LogP) is 4.48. The fourth-order valence-electron chi connectivity index (χ4n) is 2.90. The molecule has 0 unspecified atom stereocenters. The Bertz CT molecular complexity index is 294. The summed E-state index contributed by atoms with van der Waals surface area (Å²) in [6.45, 7) is 2.24. The molecule has 1 aliphatic rings. The molecule has 2 rings (SSSR count). The molecule has 1 N–H and O–H groups in total. The molecule has 0 amide bonds. The van der Waals surface area contributed by atoms with E-state index >= 15 is 0 Å². The van der Waals surface area contributed by atoms with Gasteiger partial charge in [-0.25, -0.2) is 0 Å². The van der Waals surface area contributed by atoms with Gasteiger partial charge in [0.15, 0.2) is 0 Å². The molecule has 0 saturated heterocycles. The standard InChI is InChI=1S/C15H25N/c1-2-6-15-11-14(12-16-15)10-9-13-7-4-3-5-8-13/h11-13,16H,2-10H2,1H3. The van der Waals surface area contributed by atoms with Gasteiger partial charge in [0, 0.05) is 11.9 Å². The summed E-state index contributed by atoms with van der Waals surface area (Å²) in [5.41, 5.74) is 2.94. The van der Waals surface area contributed by atoms with Crippen molar-refractivity contribution in [2.45, 2.75) is 64.7 Å². The SMILES string of the molecule is CCCc1cc(CCC2CCCCC2)c[nH]1. The monoisotopic (exact) mass is 219 g/mol. The number of hydrogen-bond donors (Lipinski definition) is 1. The zero-order chi connectivity index (χ0) is 11.2. The number of rotatable bonds is 5. The van der Waals surface area contributed by atoms with Crippen LogP contribution in [0.15, 0.2) is 12.3 Å². The Morgan fingerprint density at radius 1 is 1.19 bits per heavy atom. The molecule has 1 nitrogen and oxygen atoms in total. The number of nitrogens with one attached hydrogen (secondary N) is 1. The first-order valence-corrected chi connectivity index (χ1v) is 7.04. The summed E-state index contributed by atoms with van der Waals surface area (Å²) < 4.78 is 0. The number of aromatic nitrogens is 1. The first kappa shape index (κ1) is 11.8. The molecule has 0 aliphatic heterocycles. The normalized spacial score (nSPS) is 17.8. The first-order chi connectivity index (χ1) is 7.88. The minimum absolute atomic E-state index is 1.01. The molecule has 1 aromatic rings. The van der Waals surface area contributed by atoms with E-state index in [0.717, 1.165) is 5.92 Å². The first-order valence-electron chi connectivity index (χ1n) is 7.04. The molecule has 1 fully saturated rings. The summed E-state index contributed by atoms with van der Waals surface area (Å²) in [6.07, 6.45) is 14.7. The van der Waals surface area contributed by atoms with E-state index in [4.69, 9.17) is 0 Å². The zero-order valence-electron chi connectivity index (χ0n) is 10.6. The van der Waals surface area contributed by atoms with Gasteiger partial charge >= 0.3 is 0 Å². The van der Waals surface area contributed by atoms with Crippen molar-refractivity contribution < 1.29 is 0 Å². The summed E-state index contributed by atoms with van der Waals surface area (Å²) in [4.78, 5) is 3.39. The van der Waals surface area contributed by atoms with Crippen LogP contribution < -0.4 is 0 Å². The predicted molar refractivity (Wildman–Crippen MR) is 69.7 cm³/mol. The Labute approximate surface area is 99.6 Å². The highest BCUT2D eigenvalue weighted by atomic mass is 14.7. The molecule has 1 heterocycles. The van der Waals surface area contributed by atoms with Crippen LogP contribution in [0.25, 0.3) is 0 Å². The molecule has 0 bridgehead atoms. The third-order valence-electron chi connectivity index (χ3n) is 3.89. The molecule has 1 saturated carbocycles. The largest absolute Gasteiger partial charge is 0.365 e. The Balaban J connectivity index is 1.75. The second-order valence-corrected chi connectivity index (χ2v) is 5.33. The summed E-state index contributed by atoms with van der Waals surface area (Å²) in [5.74, 6) is 1.01. The molecular formula is C15H25N. The van der Waals surface area contributed by atoms with Crippen LogP contribution in [0.1, 0.15) is 63.1 Å². The average Bonchev–Trinajstić information content (AvgIpc) is 2.76. The maximum absolute atomic E-state index is 3.39. The number of aryl methyl sites for hydroxylation is 2. The molecule has 0 atom stereocenters. The van der Waals surface area contributed by atoms with Crippen molar-refractivity contribution in [2.75, 3.05) is 0 Å². The van der Waals surface area contributed by atoms with Crippen LogP contribution in [0.4, 0.5) is 0 Å². The van der Waals surface area contributed by atoms with Crippen molar-refractivity contribution in [3.8, 4) is 0 Å². The van der Waals surface area contributed by atoms with E-state index in [9.17, 15) is 0 Å². The molecule has 1 aromatic heterocycles. The van der Waals surface area contributed by atoms with Gasteiger partial charge in [0.05, 0.1) is 0 Å². The third-order valence-corrected chi connectivity index (χ3v) is 3.89. The topological polar surface area (TPSA) is 15.8 Å². The summed E-state index contributed by atoms with van der Waals surface area (Å²) >= 11 is 0. The van der Waals surface area contributed by atoms with Gasteiger partial charge in [0.25, 0.3) is 0 Å². The van der Waals surface area contributed by atoms with Crippen LogP contribution in [-0.4, -0.2) is 4.98 Å². The minimum atomic E-state index is 1.01. The van der Waals surface area contributed by atoms with Crippen molar-refractivity contribution in [3.63, 3.8) is 0 Å². The van der Waals surface area contributed by atoms with Crippen molar-refractivity contribution in [1.29, 1.82) is 0 Å². The second kappa shape index (κ2) is 6.12. The third kappa shape index (κ3) is 3.40. The number of hydrogen-bond acceptors (Lipinski definition) is 0. The van der Waals surface area contributed by atoms with Gasteiger partial charge < -0.3 is 4.98 Å². The van der Waals surface area contributed by atoms with Crippen molar-refractivity contribution in [3.05, 3.63) is 23.5 Å². The fraction of sp³-hybridized carbons (Fsp3) is 0.733. The molecule has 0 radical (unpaired) electrons. The van der Waals surface area contributed by atoms with Gasteiger partial charge in [-0.3, -0.25) is 0 Å². The molecule has 0 spiro atoms. The Kier molecular flexibility index (Phi) is 4.50. The lowest BCUT2D eigenvalue weighted by Crippen LogP contribution is -2.06. The van der Waals surface area contributed by atoms with Crippen molar-refractivity contribution in [2.24, 2.45) is 5.92 Å². The van der Waals surface area contributed by atoms with Gasteiger partial charge in [0.2, 0.25) is 0 Å². The number of aromatic amines is 1. The van der Waals surface area contributed by atoms with E-state index in [-0.39, 0.29) is 0 Å². The second-order valence-electron chi connectivity index (χ2n) is 5.33. The highest BCUT2D eigenvalue weighted by molar-refractivity contribution is 5.17. The maximum atomic E-state index is 3.39. The maximum Gasteiger partial charge on any atom is 0.0149 e. The Morgan fingerprint density at radius 2 is 2.00 bits per heavy atom. The lowest BCUT2D eigenvalue weighted by Gasteiger charge is -2.20. The van der Waals surface area contributed by atoms with E-state index in [1.54, 1.807) is 0 Å². The molecule has 1 aliphatic carbocycles. The lowest BCUT2D eigenvalue weighted by atomic mass is 9.85. The van der Waals surface area contributed by atoms with Gasteiger partial charge in [-0.05, 0) is 36.8 Å². The van der Waals surface area contributed by atoms with Crippen LogP contribution >= 0.6 is 0 Å². The molecule has 90 valence electrons. The number of H-pyrrole nitrogens is 1. The summed E-state index contributed by atoms with van der Waals surface area (Å²) in [6, 6.07) is 2.37. The van der Waals surface area contributed by atoms with E-state index < -0.39 is 0 Å². The fourth-order valence-corrected chi connectivity index (χ4v) is 2.90. The van der Waals surface area contributed by atoms with E-state index in [1.165, 1.54) is 69.0 Å². The van der Waals surface area contributed by atoms with Crippen molar-refractivity contribution in [1.82, 2.24) is 4.98 Å². The van der Waals surface area contributed by atoms with Crippen LogP contribution in [-0.2, 0) is 12.8 Å².